The highest BCUT2D eigenvalue weighted by Crippen LogP contribution is 2.59. The van der Waals surface area contributed by atoms with Gasteiger partial charge in [-0.1, -0.05) is 12.1 Å². The molecule has 1 spiro atoms. The van der Waals surface area contributed by atoms with Gasteiger partial charge in [-0.3, -0.25) is 4.79 Å². The van der Waals surface area contributed by atoms with Crippen molar-refractivity contribution in [1.82, 2.24) is 15.4 Å². The number of esters is 1. The summed E-state index contributed by atoms with van der Waals surface area (Å²) in [6.45, 7) is 7.81. The average molecular weight is 349 g/mol. The van der Waals surface area contributed by atoms with Crippen LogP contribution in [0, 0.1) is 25.2 Å². The fraction of sp³-hybridized carbons (Fsp3) is 0.722. The summed E-state index contributed by atoms with van der Waals surface area (Å²) in [5, 5.41) is 6.98. The summed E-state index contributed by atoms with van der Waals surface area (Å²) < 4.78 is 10.0. The molecule has 2 aliphatic rings. The molecule has 0 unspecified atom stereocenters. The van der Waals surface area contributed by atoms with Crippen LogP contribution in [0.5, 0.6) is 0 Å². The lowest BCUT2D eigenvalue weighted by Crippen LogP contribution is -2.46. The van der Waals surface area contributed by atoms with E-state index in [1.165, 1.54) is 7.11 Å². The van der Waals surface area contributed by atoms with Crippen molar-refractivity contribution in [3.8, 4) is 0 Å². The molecule has 0 bridgehead atoms. The first kappa shape index (κ1) is 17.8. The number of nitrogens with zero attached hydrogens (tertiary/aromatic N) is 2. The maximum Gasteiger partial charge on any atom is 0.317 e. The number of nitrogens with one attached hydrogen (secondary N) is 1. The second-order valence-electron chi connectivity index (χ2n) is 7.45. The van der Waals surface area contributed by atoms with Gasteiger partial charge in [0.2, 0.25) is 0 Å². The van der Waals surface area contributed by atoms with E-state index in [9.17, 15) is 9.59 Å². The van der Waals surface area contributed by atoms with Gasteiger partial charge >= 0.3 is 12.0 Å². The number of rotatable bonds is 4. The van der Waals surface area contributed by atoms with Gasteiger partial charge in [0.25, 0.3) is 0 Å². The van der Waals surface area contributed by atoms with Gasteiger partial charge in [0.15, 0.2) is 0 Å². The summed E-state index contributed by atoms with van der Waals surface area (Å²) in [5.74, 6) is 0.883. The molecule has 1 aliphatic heterocycles. The highest BCUT2D eigenvalue weighted by Gasteiger charge is 2.59. The van der Waals surface area contributed by atoms with Gasteiger partial charge in [0.1, 0.15) is 5.76 Å². The minimum Gasteiger partial charge on any atom is -0.469 e. The van der Waals surface area contributed by atoms with E-state index in [2.05, 4.69) is 17.4 Å². The van der Waals surface area contributed by atoms with Crippen LogP contribution < -0.4 is 5.32 Å². The van der Waals surface area contributed by atoms with Crippen LogP contribution >= 0.6 is 0 Å². The molecule has 3 rings (SSSR count). The number of carbonyl (C=O) groups excluding carboxylic acids is 2. The lowest BCUT2D eigenvalue weighted by molar-refractivity contribution is -0.143. The molecule has 1 saturated heterocycles. The smallest absolute Gasteiger partial charge is 0.317 e. The topological polar surface area (TPSA) is 84.7 Å². The van der Waals surface area contributed by atoms with E-state index in [4.69, 9.17) is 9.26 Å². The summed E-state index contributed by atoms with van der Waals surface area (Å²) in [6, 6.07) is -0.0382. The Morgan fingerprint density at radius 1 is 1.40 bits per heavy atom. The molecule has 138 valence electrons. The van der Waals surface area contributed by atoms with Crippen LogP contribution in [-0.2, 0) is 9.53 Å². The molecule has 1 aromatic heterocycles. The third-order valence-corrected chi connectivity index (χ3v) is 5.86. The number of aryl methyl sites for hydroxylation is 2. The number of amides is 2. The predicted octanol–water partition coefficient (Wildman–Crippen LogP) is 2.38. The van der Waals surface area contributed by atoms with Gasteiger partial charge in [0.05, 0.1) is 18.7 Å². The molecular weight excluding hydrogens is 322 g/mol. The molecule has 7 nitrogen and oxygen atoms in total. The molecule has 0 aromatic carbocycles. The predicted molar refractivity (Wildman–Crippen MR) is 91.2 cm³/mol. The minimum absolute atomic E-state index is 0.0299. The first-order chi connectivity index (χ1) is 11.9. The Balaban J connectivity index is 1.47. The Bertz CT molecular complexity index is 642. The largest absolute Gasteiger partial charge is 0.469 e. The fourth-order valence-electron chi connectivity index (χ4n) is 4.18. The highest BCUT2D eigenvalue weighted by molar-refractivity contribution is 5.77. The van der Waals surface area contributed by atoms with E-state index in [0.29, 0.717) is 19.6 Å². The SMILES string of the molecule is COC(=O)[C@H]1CC12CCN(C(=O)NC[C@H](C)c1c(C)noc1C)CC2. The number of aromatic nitrogens is 1. The first-order valence-corrected chi connectivity index (χ1v) is 8.91. The van der Waals surface area contributed by atoms with Crippen LogP contribution in [0.2, 0.25) is 0 Å². The Labute approximate surface area is 148 Å². The van der Waals surface area contributed by atoms with E-state index in [0.717, 1.165) is 36.3 Å². The second-order valence-corrected chi connectivity index (χ2v) is 7.45. The van der Waals surface area contributed by atoms with Crippen LogP contribution in [0.15, 0.2) is 4.52 Å². The number of hydrogen-bond donors (Lipinski definition) is 1. The van der Waals surface area contributed by atoms with Crippen molar-refractivity contribution in [3.05, 3.63) is 17.0 Å². The van der Waals surface area contributed by atoms with Gasteiger partial charge in [0, 0.05) is 31.1 Å². The Kier molecular flexibility index (Phi) is 4.75. The number of carbonyl (C=O) groups is 2. The first-order valence-electron chi connectivity index (χ1n) is 8.91. The quantitative estimate of drug-likeness (QED) is 0.844. The van der Waals surface area contributed by atoms with Crippen molar-refractivity contribution < 1.29 is 18.8 Å². The van der Waals surface area contributed by atoms with Gasteiger partial charge < -0.3 is 19.5 Å². The van der Waals surface area contributed by atoms with Gasteiger partial charge in [-0.05, 0) is 38.5 Å². The standard InChI is InChI=1S/C18H27N3O4/c1-11(15-12(2)20-25-13(15)3)10-19-17(23)21-7-5-18(6-8-21)9-14(18)16(22)24-4/h11,14H,5-10H2,1-4H3,(H,19,23)/t11-,14+/m0/s1. The molecule has 1 saturated carbocycles. The van der Waals surface area contributed by atoms with Gasteiger partial charge in [-0.15, -0.1) is 0 Å². The lowest BCUT2D eigenvalue weighted by Gasteiger charge is -2.33. The molecule has 2 amide bonds. The highest BCUT2D eigenvalue weighted by atomic mass is 16.5. The maximum absolute atomic E-state index is 12.4. The summed E-state index contributed by atoms with van der Waals surface area (Å²) >= 11 is 0. The van der Waals surface area contributed by atoms with E-state index >= 15 is 0 Å². The number of urea groups is 1. The minimum atomic E-state index is -0.105. The van der Waals surface area contributed by atoms with Crippen LogP contribution in [0.1, 0.15) is 49.1 Å². The number of likely N-dealkylation sites (tertiary alicyclic amines) is 1. The van der Waals surface area contributed by atoms with E-state index in [-0.39, 0.29) is 29.3 Å². The number of piperidine rings is 1. The Hall–Kier alpha value is -2.05. The molecule has 1 aromatic rings. The lowest BCUT2D eigenvalue weighted by atomic mass is 9.91. The molecule has 2 heterocycles. The van der Waals surface area contributed by atoms with E-state index in [1.54, 1.807) is 0 Å². The molecule has 25 heavy (non-hydrogen) atoms. The third-order valence-electron chi connectivity index (χ3n) is 5.86. The van der Waals surface area contributed by atoms with Crippen molar-refractivity contribution in [2.45, 2.75) is 46.0 Å². The molecular formula is C18H27N3O4. The van der Waals surface area contributed by atoms with Crippen LogP contribution in [-0.4, -0.2) is 48.8 Å². The molecule has 1 aliphatic carbocycles. The summed E-state index contributed by atoms with van der Waals surface area (Å²) in [4.78, 5) is 26.0. The third kappa shape index (κ3) is 3.37. The van der Waals surface area contributed by atoms with Crippen LogP contribution in [0.25, 0.3) is 0 Å². The number of hydrogen-bond acceptors (Lipinski definition) is 5. The Morgan fingerprint density at radius 3 is 2.64 bits per heavy atom. The molecule has 2 atom stereocenters. The summed E-state index contributed by atoms with van der Waals surface area (Å²) in [5.41, 5.74) is 2.02. The van der Waals surface area contributed by atoms with Gasteiger partial charge in [-0.25, -0.2) is 4.79 Å². The second kappa shape index (κ2) is 6.69. The zero-order valence-electron chi connectivity index (χ0n) is 15.4. The van der Waals surface area contributed by atoms with Crippen molar-refractivity contribution in [1.29, 1.82) is 0 Å². The van der Waals surface area contributed by atoms with Crippen LogP contribution in [0.4, 0.5) is 4.79 Å². The fourth-order valence-corrected chi connectivity index (χ4v) is 4.18. The summed E-state index contributed by atoms with van der Waals surface area (Å²) in [6.07, 6.45) is 2.65. The summed E-state index contributed by atoms with van der Waals surface area (Å²) in [7, 11) is 1.44. The number of ether oxygens (including phenoxy) is 1. The molecule has 7 heteroatoms. The van der Waals surface area contributed by atoms with Crippen molar-refractivity contribution in [3.63, 3.8) is 0 Å². The normalized spacial score (nSPS) is 22.6. The van der Waals surface area contributed by atoms with E-state index < -0.39 is 0 Å². The molecule has 1 N–H and O–H groups in total. The van der Waals surface area contributed by atoms with Crippen LogP contribution in [0.3, 0.4) is 0 Å². The number of methoxy groups -OCH3 is 1. The molecule has 2 fully saturated rings. The van der Waals surface area contributed by atoms with Crippen molar-refractivity contribution in [2.24, 2.45) is 11.3 Å². The molecule has 0 radical (unpaired) electrons. The zero-order valence-corrected chi connectivity index (χ0v) is 15.4. The van der Waals surface area contributed by atoms with Gasteiger partial charge in [-0.2, -0.15) is 0 Å². The maximum atomic E-state index is 12.4. The Morgan fingerprint density at radius 2 is 2.08 bits per heavy atom. The average Bonchev–Trinajstić information content (AvgIpc) is 3.20. The van der Waals surface area contributed by atoms with Crippen molar-refractivity contribution in [2.75, 3.05) is 26.7 Å². The van der Waals surface area contributed by atoms with E-state index in [1.807, 2.05) is 18.7 Å². The van der Waals surface area contributed by atoms with Crippen molar-refractivity contribution >= 4 is 12.0 Å². The zero-order chi connectivity index (χ0) is 18.2. The monoisotopic (exact) mass is 349 g/mol.